The molecule has 0 radical (unpaired) electrons. The Bertz CT molecular complexity index is 371. The molecule has 0 aliphatic heterocycles. The molecule has 0 aliphatic carbocycles. The van der Waals surface area contributed by atoms with E-state index >= 15 is 0 Å². The van der Waals surface area contributed by atoms with Gasteiger partial charge in [-0.05, 0) is 38.1 Å². The molecule has 2 N–H and O–H groups in total. The molecule has 0 fully saturated rings. The fourth-order valence-electron chi connectivity index (χ4n) is 1.48. The lowest BCUT2D eigenvalue weighted by Crippen LogP contribution is -2.38. The molecule has 86 valence electrons. The van der Waals surface area contributed by atoms with Crippen molar-refractivity contribution in [3.63, 3.8) is 0 Å². The number of benzene rings is 1. The van der Waals surface area contributed by atoms with E-state index in [0.29, 0.717) is 5.56 Å². The highest BCUT2D eigenvalue weighted by atomic mass is 16.1. The molecule has 0 saturated carbocycles. The van der Waals surface area contributed by atoms with E-state index in [1.54, 1.807) is 12.1 Å². The first-order chi connectivity index (χ1) is 7.54. The Kier molecular flexibility index (Phi) is 4.05. The molecular weight excluding hydrogens is 204 g/mol. The van der Waals surface area contributed by atoms with Gasteiger partial charge in [-0.3, -0.25) is 9.59 Å². The quantitative estimate of drug-likeness (QED) is 0.758. The number of aldehydes is 1. The van der Waals surface area contributed by atoms with Gasteiger partial charge in [0.2, 0.25) is 5.91 Å². The van der Waals surface area contributed by atoms with E-state index in [1.807, 2.05) is 30.9 Å². The summed E-state index contributed by atoms with van der Waals surface area (Å²) >= 11 is 0. The maximum absolute atomic E-state index is 10.9. The fraction of sp³-hybridized carbons (Fsp3) is 0.333. The molecular formula is C12H16N2O2. The largest absolute Gasteiger partial charge is 0.368 e. The second-order valence-corrected chi connectivity index (χ2v) is 3.90. The van der Waals surface area contributed by atoms with Crippen LogP contribution in [0.25, 0.3) is 0 Å². The van der Waals surface area contributed by atoms with Crippen molar-refractivity contribution < 1.29 is 9.59 Å². The van der Waals surface area contributed by atoms with E-state index in [2.05, 4.69) is 0 Å². The molecule has 0 bridgehead atoms. The number of rotatable bonds is 5. The van der Waals surface area contributed by atoms with Gasteiger partial charge in [0.15, 0.2) is 0 Å². The van der Waals surface area contributed by atoms with Crippen LogP contribution >= 0.6 is 0 Å². The molecule has 4 heteroatoms. The number of hydrogen-bond donors (Lipinski definition) is 1. The van der Waals surface area contributed by atoms with Gasteiger partial charge in [-0.15, -0.1) is 0 Å². The molecule has 0 heterocycles. The minimum Gasteiger partial charge on any atom is -0.368 e. The van der Waals surface area contributed by atoms with E-state index in [0.717, 1.165) is 12.0 Å². The van der Waals surface area contributed by atoms with Crippen molar-refractivity contribution in [3.05, 3.63) is 29.8 Å². The zero-order valence-corrected chi connectivity index (χ0v) is 9.51. The molecule has 16 heavy (non-hydrogen) atoms. The summed E-state index contributed by atoms with van der Waals surface area (Å²) in [5.41, 5.74) is 6.69. The molecule has 1 aromatic rings. The Balaban J connectivity index is 2.92. The van der Waals surface area contributed by atoms with E-state index in [1.165, 1.54) is 0 Å². The lowest BCUT2D eigenvalue weighted by Gasteiger charge is -2.27. The summed E-state index contributed by atoms with van der Waals surface area (Å²) in [4.78, 5) is 23.3. The lowest BCUT2D eigenvalue weighted by molar-refractivity contribution is -0.116. The summed E-state index contributed by atoms with van der Waals surface area (Å²) in [5.74, 6) is -0.367. The minimum absolute atomic E-state index is 0.176. The van der Waals surface area contributed by atoms with Gasteiger partial charge in [0.1, 0.15) is 6.29 Å². The van der Waals surface area contributed by atoms with Gasteiger partial charge in [-0.1, -0.05) is 0 Å². The van der Waals surface area contributed by atoms with Gasteiger partial charge in [-0.25, -0.2) is 0 Å². The molecule has 0 aliphatic rings. The average Bonchev–Trinajstić information content (AvgIpc) is 2.25. The van der Waals surface area contributed by atoms with E-state index in [-0.39, 0.29) is 18.5 Å². The molecule has 1 rings (SSSR count). The first kappa shape index (κ1) is 12.2. The molecule has 1 amide bonds. The normalized spacial score (nSPS) is 10.2. The molecule has 0 unspecified atom stereocenters. The number of primary amides is 1. The van der Waals surface area contributed by atoms with Crippen LogP contribution in [0.1, 0.15) is 24.2 Å². The summed E-state index contributed by atoms with van der Waals surface area (Å²) in [5, 5.41) is 0. The predicted octanol–water partition coefficient (Wildman–Crippen LogP) is 1.20. The molecule has 0 atom stereocenters. The van der Waals surface area contributed by atoms with Gasteiger partial charge < -0.3 is 10.6 Å². The molecule has 0 aromatic heterocycles. The van der Waals surface area contributed by atoms with Crippen molar-refractivity contribution in [2.45, 2.75) is 19.9 Å². The summed E-state index contributed by atoms with van der Waals surface area (Å²) in [6.45, 7) is 4.14. The van der Waals surface area contributed by atoms with Crippen LogP contribution in [-0.4, -0.2) is 24.8 Å². The first-order valence-electron chi connectivity index (χ1n) is 5.14. The fourth-order valence-corrected chi connectivity index (χ4v) is 1.48. The third-order valence-electron chi connectivity index (χ3n) is 2.31. The van der Waals surface area contributed by atoms with Gasteiger partial charge in [0, 0.05) is 17.3 Å². The number of nitrogens with two attached hydrogens (primary N) is 1. The summed E-state index contributed by atoms with van der Waals surface area (Å²) in [7, 11) is 0. The summed E-state index contributed by atoms with van der Waals surface area (Å²) < 4.78 is 0. The van der Waals surface area contributed by atoms with Crippen molar-refractivity contribution in [1.82, 2.24) is 0 Å². The third kappa shape index (κ3) is 3.08. The van der Waals surface area contributed by atoms with Gasteiger partial charge in [0.05, 0.1) is 6.54 Å². The highest BCUT2D eigenvalue weighted by Gasteiger charge is 2.12. The Hall–Kier alpha value is -1.84. The first-order valence-corrected chi connectivity index (χ1v) is 5.14. The Morgan fingerprint density at radius 1 is 1.38 bits per heavy atom. The van der Waals surface area contributed by atoms with Crippen LogP contribution < -0.4 is 10.6 Å². The average molecular weight is 220 g/mol. The molecule has 1 aromatic carbocycles. The van der Waals surface area contributed by atoms with Crippen LogP contribution in [0.4, 0.5) is 5.69 Å². The minimum atomic E-state index is -0.367. The number of carbonyl (C=O) groups excluding carboxylic acids is 2. The van der Waals surface area contributed by atoms with Crippen LogP contribution in [0.5, 0.6) is 0 Å². The number of hydrogen-bond acceptors (Lipinski definition) is 3. The van der Waals surface area contributed by atoms with Gasteiger partial charge >= 0.3 is 0 Å². The number of nitrogens with zero attached hydrogens (tertiary/aromatic N) is 1. The van der Waals surface area contributed by atoms with Gasteiger partial charge in [-0.2, -0.15) is 0 Å². The zero-order chi connectivity index (χ0) is 12.1. The van der Waals surface area contributed by atoms with Crippen LogP contribution in [0.3, 0.4) is 0 Å². The van der Waals surface area contributed by atoms with Crippen LogP contribution in [0, 0.1) is 0 Å². The van der Waals surface area contributed by atoms with Crippen molar-refractivity contribution in [1.29, 1.82) is 0 Å². The molecule has 4 nitrogen and oxygen atoms in total. The summed E-state index contributed by atoms with van der Waals surface area (Å²) in [6, 6.07) is 7.24. The number of anilines is 1. The Labute approximate surface area is 95.0 Å². The van der Waals surface area contributed by atoms with Crippen LogP contribution in [0.15, 0.2) is 24.3 Å². The molecule has 0 spiro atoms. The molecule has 0 saturated heterocycles. The van der Waals surface area contributed by atoms with E-state index in [9.17, 15) is 9.59 Å². The van der Waals surface area contributed by atoms with E-state index in [4.69, 9.17) is 5.73 Å². The third-order valence-corrected chi connectivity index (χ3v) is 2.31. The highest BCUT2D eigenvalue weighted by Crippen LogP contribution is 2.16. The summed E-state index contributed by atoms with van der Waals surface area (Å²) in [6.07, 6.45) is 0.789. The topological polar surface area (TPSA) is 63.4 Å². The van der Waals surface area contributed by atoms with Crippen molar-refractivity contribution in [3.8, 4) is 0 Å². The maximum atomic E-state index is 10.9. The standard InChI is InChI=1S/C12H16N2O2/c1-9(2)14(7-12(13)16)11-5-3-10(8-15)4-6-11/h3-6,8-9H,7H2,1-2H3,(H2,13,16). The number of carbonyl (C=O) groups is 2. The zero-order valence-electron chi connectivity index (χ0n) is 9.51. The monoisotopic (exact) mass is 220 g/mol. The second kappa shape index (κ2) is 5.30. The Morgan fingerprint density at radius 3 is 2.31 bits per heavy atom. The van der Waals surface area contributed by atoms with Crippen LogP contribution in [0.2, 0.25) is 0 Å². The smallest absolute Gasteiger partial charge is 0.236 e. The number of amides is 1. The van der Waals surface area contributed by atoms with Crippen molar-refractivity contribution in [2.24, 2.45) is 5.73 Å². The van der Waals surface area contributed by atoms with E-state index < -0.39 is 0 Å². The lowest BCUT2D eigenvalue weighted by atomic mass is 10.2. The SMILES string of the molecule is CC(C)N(CC(N)=O)c1ccc(C=O)cc1. The maximum Gasteiger partial charge on any atom is 0.236 e. The van der Waals surface area contributed by atoms with Crippen molar-refractivity contribution >= 4 is 17.9 Å². The van der Waals surface area contributed by atoms with Gasteiger partial charge in [0.25, 0.3) is 0 Å². The Morgan fingerprint density at radius 2 is 1.94 bits per heavy atom. The highest BCUT2D eigenvalue weighted by molar-refractivity contribution is 5.80. The van der Waals surface area contributed by atoms with Crippen molar-refractivity contribution in [2.75, 3.05) is 11.4 Å². The predicted molar refractivity (Wildman–Crippen MR) is 63.5 cm³/mol. The second-order valence-electron chi connectivity index (χ2n) is 3.90. The van der Waals surface area contributed by atoms with Crippen LogP contribution in [-0.2, 0) is 4.79 Å².